The molecule has 2 atom stereocenters. The normalized spacial score (nSPS) is 36.4. The van der Waals surface area contributed by atoms with Crippen LogP contribution < -0.4 is 5.73 Å². The molecule has 1 spiro atoms. The molecule has 2 aliphatic rings. The van der Waals surface area contributed by atoms with E-state index in [1.165, 1.54) is 0 Å². The van der Waals surface area contributed by atoms with Gasteiger partial charge in [-0.25, -0.2) is 0 Å². The first-order valence-electron chi connectivity index (χ1n) is 5.70. The molecule has 4 nitrogen and oxygen atoms in total. The second-order valence-electron chi connectivity index (χ2n) is 5.07. The second-order valence-corrected chi connectivity index (χ2v) is 5.07. The standard InChI is InChI=1S/C11H21N3O/c1-8(2)9-6-11(4-5-15-9)7-13-10(12)14(11)3/h8-9H,4-7H2,1-3H3,(H2,12,13). The van der Waals surface area contributed by atoms with Gasteiger partial charge in [-0.15, -0.1) is 0 Å². The number of nitrogens with two attached hydrogens (primary N) is 1. The van der Waals surface area contributed by atoms with Crippen molar-refractivity contribution in [3.8, 4) is 0 Å². The Morgan fingerprint density at radius 3 is 2.87 bits per heavy atom. The lowest BCUT2D eigenvalue weighted by atomic mass is 9.83. The van der Waals surface area contributed by atoms with Crippen LogP contribution in [0.15, 0.2) is 4.99 Å². The average molecular weight is 211 g/mol. The Hall–Kier alpha value is -0.770. The number of hydrogen-bond acceptors (Lipinski definition) is 4. The predicted molar refractivity (Wildman–Crippen MR) is 60.8 cm³/mol. The molecular weight excluding hydrogens is 190 g/mol. The molecule has 0 aliphatic carbocycles. The Morgan fingerprint density at radius 2 is 2.33 bits per heavy atom. The number of nitrogens with zero attached hydrogens (tertiary/aromatic N) is 2. The van der Waals surface area contributed by atoms with Gasteiger partial charge in [0.15, 0.2) is 5.96 Å². The zero-order valence-electron chi connectivity index (χ0n) is 9.86. The third kappa shape index (κ3) is 1.71. The van der Waals surface area contributed by atoms with Gasteiger partial charge in [0, 0.05) is 13.7 Å². The number of rotatable bonds is 1. The van der Waals surface area contributed by atoms with Gasteiger partial charge in [0.25, 0.3) is 0 Å². The van der Waals surface area contributed by atoms with Crippen LogP contribution in [0.3, 0.4) is 0 Å². The Bertz CT molecular complexity index is 277. The van der Waals surface area contributed by atoms with Crippen molar-refractivity contribution in [2.45, 2.75) is 38.3 Å². The number of ether oxygens (including phenoxy) is 1. The van der Waals surface area contributed by atoms with Crippen molar-refractivity contribution in [3.63, 3.8) is 0 Å². The summed E-state index contributed by atoms with van der Waals surface area (Å²) in [6, 6.07) is 0. The summed E-state index contributed by atoms with van der Waals surface area (Å²) in [5, 5.41) is 0. The van der Waals surface area contributed by atoms with Gasteiger partial charge in [-0.1, -0.05) is 13.8 Å². The van der Waals surface area contributed by atoms with Crippen LogP contribution in [0.1, 0.15) is 26.7 Å². The molecular formula is C11H21N3O. The summed E-state index contributed by atoms with van der Waals surface area (Å²) in [4.78, 5) is 6.50. The van der Waals surface area contributed by atoms with Crippen molar-refractivity contribution in [2.24, 2.45) is 16.6 Å². The van der Waals surface area contributed by atoms with Crippen LogP contribution in [-0.2, 0) is 4.74 Å². The SMILES string of the molecule is CC(C)C1CC2(CCO1)CN=C(N)N2C. The molecule has 2 heterocycles. The van der Waals surface area contributed by atoms with E-state index in [1.54, 1.807) is 0 Å². The van der Waals surface area contributed by atoms with E-state index in [0.29, 0.717) is 18.0 Å². The largest absolute Gasteiger partial charge is 0.378 e. The summed E-state index contributed by atoms with van der Waals surface area (Å²) in [5.41, 5.74) is 5.98. The topological polar surface area (TPSA) is 50.9 Å². The van der Waals surface area contributed by atoms with Crippen LogP contribution >= 0.6 is 0 Å². The minimum atomic E-state index is 0.136. The molecule has 0 bridgehead atoms. The van der Waals surface area contributed by atoms with Gasteiger partial charge in [0.05, 0.1) is 18.2 Å². The van der Waals surface area contributed by atoms with Crippen molar-refractivity contribution in [1.82, 2.24) is 4.90 Å². The van der Waals surface area contributed by atoms with Crippen LogP contribution in [0.5, 0.6) is 0 Å². The van der Waals surface area contributed by atoms with E-state index in [2.05, 4.69) is 30.8 Å². The molecule has 0 amide bonds. The van der Waals surface area contributed by atoms with Crippen LogP contribution in [0, 0.1) is 5.92 Å². The molecule has 15 heavy (non-hydrogen) atoms. The maximum atomic E-state index is 5.84. The number of guanidine groups is 1. The Morgan fingerprint density at radius 1 is 1.60 bits per heavy atom. The zero-order chi connectivity index (χ0) is 11.1. The Kier molecular flexibility index (Phi) is 2.63. The summed E-state index contributed by atoms with van der Waals surface area (Å²) in [5.74, 6) is 1.25. The lowest BCUT2D eigenvalue weighted by Crippen LogP contribution is -2.55. The maximum absolute atomic E-state index is 5.84. The van der Waals surface area contributed by atoms with Gasteiger partial charge in [0.2, 0.25) is 0 Å². The molecule has 0 radical (unpaired) electrons. The molecule has 0 aromatic carbocycles. The first-order chi connectivity index (χ1) is 7.05. The van der Waals surface area contributed by atoms with Crippen molar-refractivity contribution < 1.29 is 4.74 Å². The highest BCUT2D eigenvalue weighted by atomic mass is 16.5. The monoisotopic (exact) mass is 211 g/mol. The van der Waals surface area contributed by atoms with Crippen molar-refractivity contribution >= 4 is 5.96 Å². The second kappa shape index (κ2) is 3.67. The minimum absolute atomic E-state index is 0.136. The predicted octanol–water partition coefficient (Wildman–Crippen LogP) is 0.820. The molecule has 0 saturated carbocycles. The van der Waals surface area contributed by atoms with Crippen LogP contribution in [0.25, 0.3) is 0 Å². The highest BCUT2D eigenvalue weighted by molar-refractivity contribution is 5.80. The summed E-state index contributed by atoms with van der Waals surface area (Å²) in [7, 11) is 2.05. The molecule has 86 valence electrons. The van der Waals surface area contributed by atoms with Crippen LogP contribution in [0.4, 0.5) is 0 Å². The number of hydrogen-bond donors (Lipinski definition) is 1. The minimum Gasteiger partial charge on any atom is -0.378 e. The fourth-order valence-electron chi connectivity index (χ4n) is 2.50. The van der Waals surface area contributed by atoms with Crippen LogP contribution in [-0.4, -0.2) is 42.7 Å². The van der Waals surface area contributed by atoms with Gasteiger partial charge < -0.3 is 15.4 Å². The van der Waals surface area contributed by atoms with E-state index in [9.17, 15) is 0 Å². The van der Waals surface area contributed by atoms with Gasteiger partial charge in [-0.2, -0.15) is 0 Å². The Labute approximate surface area is 91.5 Å². The molecule has 1 fully saturated rings. The van der Waals surface area contributed by atoms with E-state index in [0.717, 1.165) is 26.0 Å². The smallest absolute Gasteiger partial charge is 0.191 e. The van der Waals surface area contributed by atoms with E-state index >= 15 is 0 Å². The molecule has 0 aromatic rings. The maximum Gasteiger partial charge on any atom is 0.191 e. The fourth-order valence-corrected chi connectivity index (χ4v) is 2.50. The molecule has 1 saturated heterocycles. The van der Waals surface area contributed by atoms with E-state index in [4.69, 9.17) is 10.5 Å². The van der Waals surface area contributed by atoms with Crippen molar-refractivity contribution in [2.75, 3.05) is 20.2 Å². The van der Waals surface area contributed by atoms with Gasteiger partial charge in [-0.3, -0.25) is 4.99 Å². The third-order valence-electron chi connectivity index (χ3n) is 3.81. The zero-order valence-corrected chi connectivity index (χ0v) is 9.86. The van der Waals surface area contributed by atoms with Gasteiger partial charge in [0.1, 0.15) is 0 Å². The molecule has 4 heteroatoms. The first-order valence-corrected chi connectivity index (χ1v) is 5.70. The first kappa shape index (κ1) is 10.7. The van der Waals surface area contributed by atoms with Crippen molar-refractivity contribution in [3.05, 3.63) is 0 Å². The van der Waals surface area contributed by atoms with Gasteiger partial charge in [-0.05, 0) is 18.8 Å². The molecule has 2 unspecified atom stereocenters. The molecule has 0 aromatic heterocycles. The molecule has 2 rings (SSSR count). The lowest BCUT2D eigenvalue weighted by molar-refractivity contribution is -0.0634. The van der Waals surface area contributed by atoms with Gasteiger partial charge >= 0.3 is 0 Å². The van der Waals surface area contributed by atoms with Crippen LogP contribution in [0.2, 0.25) is 0 Å². The fraction of sp³-hybridized carbons (Fsp3) is 0.909. The summed E-state index contributed by atoms with van der Waals surface area (Å²) < 4.78 is 5.79. The average Bonchev–Trinajstić information content (AvgIpc) is 2.48. The highest BCUT2D eigenvalue weighted by Gasteiger charge is 2.44. The quantitative estimate of drug-likeness (QED) is 0.698. The third-order valence-corrected chi connectivity index (χ3v) is 3.81. The summed E-state index contributed by atoms with van der Waals surface area (Å²) in [6.45, 7) is 6.09. The van der Waals surface area contributed by atoms with E-state index < -0.39 is 0 Å². The Balaban J connectivity index is 2.10. The molecule has 2 aliphatic heterocycles. The summed E-state index contributed by atoms with van der Waals surface area (Å²) in [6.07, 6.45) is 2.43. The highest BCUT2D eigenvalue weighted by Crippen LogP contribution is 2.35. The van der Waals surface area contributed by atoms with Crippen molar-refractivity contribution in [1.29, 1.82) is 0 Å². The lowest BCUT2D eigenvalue weighted by Gasteiger charge is -2.44. The molecule has 2 N–H and O–H groups in total. The number of likely N-dealkylation sites (N-methyl/N-ethyl adjacent to an activating group) is 1. The van der Waals surface area contributed by atoms with E-state index in [1.807, 2.05) is 0 Å². The number of aliphatic imine (C=N–C) groups is 1. The summed E-state index contributed by atoms with van der Waals surface area (Å²) >= 11 is 0. The van der Waals surface area contributed by atoms with E-state index in [-0.39, 0.29) is 5.54 Å².